The van der Waals surface area contributed by atoms with Crippen LogP contribution in [-0.2, 0) is 16.1 Å². The standard InChI is InChI=1S/C27H26O4/c28-26(30-19-20-7-3-1-4-8-20)24-13-11-21(12-14-24)22-15-17-25(18-16-22)31-27(29)23-9-5-2-6-10-23/h1-10,15-18,21,24H,11-14,19H2. The largest absolute Gasteiger partial charge is 0.461 e. The first-order chi connectivity index (χ1) is 15.2. The lowest BCUT2D eigenvalue weighted by molar-refractivity contribution is -0.151. The third kappa shape index (κ3) is 5.60. The molecule has 4 heteroatoms. The van der Waals surface area contributed by atoms with Crippen LogP contribution in [0.4, 0.5) is 0 Å². The predicted octanol–water partition coefficient (Wildman–Crippen LogP) is 5.92. The molecule has 3 aromatic carbocycles. The lowest BCUT2D eigenvalue weighted by Crippen LogP contribution is -2.23. The fourth-order valence-electron chi connectivity index (χ4n) is 4.06. The van der Waals surface area contributed by atoms with Gasteiger partial charge >= 0.3 is 11.9 Å². The highest BCUT2D eigenvalue weighted by atomic mass is 16.5. The summed E-state index contributed by atoms with van der Waals surface area (Å²) in [7, 11) is 0. The summed E-state index contributed by atoms with van der Waals surface area (Å²) in [6.45, 7) is 0.336. The van der Waals surface area contributed by atoms with Gasteiger partial charge in [-0.25, -0.2) is 4.79 Å². The molecular formula is C27H26O4. The van der Waals surface area contributed by atoms with Crippen LogP contribution in [0.2, 0.25) is 0 Å². The number of esters is 2. The molecule has 0 unspecified atom stereocenters. The van der Waals surface area contributed by atoms with Crippen molar-refractivity contribution in [2.75, 3.05) is 0 Å². The maximum Gasteiger partial charge on any atom is 0.343 e. The molecule has 0 amide bonds. The van der Waals surface area contributed by atoms with Crippen LogP contribution in [-0.4, -0.2) is 11.9 Å². The molecule has 0 spiro atoms. The van der Waals surface area contributed by atoms with Crippen molar-refractivity contribution < 1.29 is 19.1 Å². The minimum atomic E-state index is -0.358. The summed E-state index contributed by atoms with van der Waals surface area (Å²) in [5.74, 6) is 0.479. The lowest BCUT2D eigenvalue weighted by Gasteiger charge is -2.27. The molecule has 4 nitrogen and oxygen atoms in total. The Bertz CT molecular complexity index is 988. The Balaban J connectivity index is 1.26. The van der Waals surface area contributed by atoms with Gasteiger partial charge in [0.2, 0.25) is 0 Å². The van der Waals surface area contributed by atoms with Crippen molar-refractivity contribution >= 4 is 11.9 Å². The minimum Gasteiger partial charge on any atom is -0.461 e. The first kappa shape index (κ1) is 20.9. The van der Waals surface area contributed by atoms with Crippen LogP contribution in [0.3, 0.4) is 0 Å². The fraction of sp³-hybridized carbons (Fsp3) is 0.259. The van der Waals surface area contributed by atoms with E-state index < -0.39 is 0 Å². The zero-order valence-electron chi connectivity index (χ0n) is 17.4. The lowest BCUT2D eigenvalue weighted by atomic mass is 9.79. The predicted molar refractivity (Wildman–Crippen MR) is 119 cm³/mol. The smallest absolute Gasteiger partial charge is 0.343 e. The number of carbonyl (C=O) groups is 2. The van der Waals surface area contributed by atoms with Crippen molar-refractivity contribution in [3.8, 4) is 5.75 Å². The molecule has 0 heterocycles. The van der Waals surface area contributed by atoms with Crippen LogP contribution in [0.25, 0.3) is 0 Å². The summed E-state index contributed by atoms with van der Waals surface area (Å²) in [5.41, 5.74) is 2.76. The number of hydrogen-bond donors (Lipinski definition) is 0. The van der Waals surface area contributed by atoms with E-state index in [4.69, 9.17) is 9.47 Å². The van der Waals surface area contributed by atoms with Gasteiger partial charge in [-0.05, 0) is 67.0 Å². The Morgan fingerprint density at radius 2 is 1.35 bits per heavy atom. The zero-order chi connectivity index (χ0) is 21.5. The van der Waals surface area contributed by atoms with Crippen molar-refractivity contribution in [2.45, 2.75) is 38.2 Å². The number of ether oxygens (including phenoxy) is 2. The molecule has 0 bridgehead atoms. The molecule has 4 rings (SSSR count). The number of hydrogen-bond acceptors (Lipinski definition) is 4. The van der Waals surface area contributed by atoms with Crippen molar-refractivity contribution in [3.63, 3.8) is 0 Å². The van der Waals surface area contributed by atoms with Gasteiger partial charge in [0, 0.05) is 0 Å². The summed E-state index contributed by atoms with van der Waals surface area (Å²) in [4.78, 5) is 24.6. The molecule has 1 aliphatic carbocycles. The number of carbonyl (C=O) groups excluding carboxylic acids is 2. The van der Waals surface area contributed by atoms with Crippen LogP contribution in [0, 0.1) is 5.92 Å². The Labute approximate surface area is 182 Å². The summed E-state index contributed by atoms with van der Waals surface area (Å²) in [5, 5.41) is 0. The van der Waals surface area contributed by atoms with E-state index in [0.717, 1.165) is 31.2 Å². The van der Waals surface area contributed by atoms with Gasteiger partial charge in [-0.3, -0.25) is 4.79 Å². The van der Waals surface area contributed by atoms with Gasteiger partial charge in [0.1, 0.15) is 12.4 Å². The molecule has 0 atom stereocenters. The van der Waals surface area contributed by atoms with Crippen LogP contribution in [0.15, 0.2) is 84.9 Å². The van der Waals surface area contributed by atoms with E-state index in [-0.39, 0.29) is 17.9 Å². The van der Waals surface area contributed by atoms with Crippen molar-refractivity contribution in [1.82, 2.24) is 0 Å². The van der Waals surface area contributed by atoms with E-state index in [1.54, 1.807) is 12.1 Å². The second-order valence-corrected chi connectivity index (χ2v) is 7.97. The third-order valence-corrected chi connectivity index (χ3v) is 5.86. The van der Waals surface area contributed by atoms with Gasteiger partial charge in [-0.15, -0.1) is 0 Å². The van der Waals surface area contributed by atoms with Crippen molar-refractivity contribution in [2.24, 2.45) is 5.92 Å². The Morgan fingerprint density at radius 3 is 2.00 bits per heavy atom. The summed E-state index contributed by atoms with van der Waals surface area (Å²) in [6.07, 6.45) is 3.58. The van der Waals surface area contributed by atoms with Gasteiger partial charge in [-0.2, -0.15) is 0 Å². The van der Waals surface area contributed by atoms with Gasteiger partial charge < -0.3 is 9.47 Å². The van der Waals surface area contributed by atoms with Crippen molar-refractivity contribution in [1.29, 1.82) is 0 Å². The van der Waals surface area contributed by atoms with Crippen LogP contribution in [0.1, 0.15) is 53.1 Å². The highest BCUT2D eigenvalue weighted by Gasteiger charge is 2.28. The van der Waals surface area contributed by atoms with Gasteiger partial charge in [0.25, 0.3) is 0 Å². The third-order valence-electron chi connectivity index (χ3n) is 5.86. The molecule has 31 heavy (non-hydrogen) atoms. The maximum absolute atomic E-state index is 12.4. The van der Waals surface area contributed by atoms with Gasteiger partial charge in [0.05, 0.1) is 11.5 Å². The molecule has 0 aliphatic heterocycles. The molecule has 3 aromatic rings. The second kappa shape index (κ2) is 10.1. The molecule has 0 saturated heterocycles. The van der Waals surface area contributed by atoms with Crippen LogP contribution in [0.5, 0.6) is 5.75 Å². The SMILES string of the molecule is O=C(Oc1ccc(C2CCC(C(=O)OCc3ccccc3)CC2)cc1)c1ccccc1. The first-order valence-electron chi connectivity index (χ1n) is 10.8. The number of rotatable bonds is 6. The molecule has 0 aromatic heterocycles. The number of benzene rings is 3. The van der Waals surface area contributed by atoms with Crippen LogP contribution >= 0.6 is 0 Å². The second-order valence-electron chi connectivity index (χ2n) is 7.97. The summed E-state index contributed by atoms with van der Waals surface area (Å²) < 4.78 is 11.0. The molecule has 1 saturated carbocycles. The van der Waals surface area contributed by atoms with E-state index in [0.29, 0.717) is 23.8 Å². The zero-order valence-corrected chi connectivity index (χ0v) is 17.4. The average molecular weight is 415 g/mol. The molecular weight excluding hydrogens is 388 g/mol. The highest BCUT2D eigenvalue weighted by Crippen LogP contribution is 2.37. The Hall–Kier alpha value is -3.40. The van der Waals surface area contributed by atoms with E-state index in [1.165, 1.54) is 5.56 Å². The van der Waals surface area contributed by atoms with E-state index in [2.05, 4.69) is 0 Å². The monoisotopic (exact) mass is 414 g/mol. The normalized spacial score (nSPS) is 18.2. The average Bonchev–Trinajstić information content (AvgIpc) is 2.84. The van der Waals surface area contributed by atoms with E-state index in [1.807, 2.05) is 72.8 Å². The van der Waals surface area contributed by atoms with Gasteiger partial charge in [-0.1, -0.05) is 60.7 Å². The molecule has 0 N–H and O–H groups in total. The Morgan fingerprint density at radius 1 is 0.742 bits per heavy atom. The van der Waals surface area contributed by atoms with Crippen LogP contribution < -0.4 is 4.74 Å². The molecule has 158 valence electrons. The van der Waals surface area contributed by atoms with E-state index in [9.17, 15) is 9.59 Å². The molecule has 1 aliphatic rings. The fourth-order valence-corrected chi connectivity index (χ4v) is 4.06. The van der Waals surface area contributed by atoms with Gasteiger partial charge in [0.15, 0.2) is 0 Å². The summed E-state index contributed by atoms with van der Waals surface area (Å²) in [6, 6.07) is 26.5. The van der Waals surface area contributed by atoms with Crippen molar-refractivity contribution in [3.05, 3.63) is 102 Å². The minimum absolute atomic E-state index is 0.0222. The van der Waals surface area contributed by atoms with E-state index >= 15 is 0 Å². The molecule has 0 radical (unpaired) electrons. The first-order valence-corrected chi connectivity index (χ1v) is 10.8. The summed E-state index contributed by atoms with van der Waals surface area (Å²) >= 11 is 0. The quantitative estimate of drug-likeness (QED) is 0.371. The Kier molecular flexibility index (Phi) is 6.78. The highest BCUT2D eigenvalue weighted by molar-refractivity contribution is 5.90. The maximum atomic E-state index is 12.4. The topological polar surface area (TPSA) is 52.6 Å². The molecule has 1 fully saturated rings.